The van der Waals surface area contributed by atoms with Crippen LogP contribution in [0.5, 0.6) is 0 Å². The van der Waals surface area contributed by atoms with Crippen LogP contribution in [0.1, 0.15) is 23.2 Å². The molecular weight excluding hydrogens is 168 g/mol. The summed E-state index contributed by atoms with van der Waals surface area (Å²) in [5.74, 6) is -0.0781. The topological polar surface area (TPSA) is 68.3 Å². The van der Waals surface area contributed by atoms with E-state index in [1.807, 2.05) is 0 Å². The highest BCUT2D eigenvalue weighted by atomic mass is 16.3. The van der Waals surface area contributed by atoms with E-state index >= 15 is 0 Å². The monoisotopic (exact) mass is 180 g/mol. The van der Waals surface area contributed by atoms with Gasteiger partial charge in [0.25, 0.3) is 5.91 Å². The predicted molar refractivity (Wildman–Crippen MR) is 47.2 cm³/mol. The molecule has 1 aromatic heterocycles. The Hall–Kier alpha value is -1.29. The van der Waals surface area contributed by atoms with Crippen LogP contribution in [0, 0.1) is 0 Å². The van der Waals surface area contributed by atoms with Crippen LogP contribution in [0.3, 0.4) is 0 Å². The van der Waals surface area contributed by atoms with Crippen molar-refractivity contribution in [1.82, 2.24) is 5.32 Å². The van der Waals surface area contributed by atoms with Gasteiger partial charge in [-0.15, -0.1) is 0 Å². The number of nitrogens with one attached hydrogen (secondary N) is 1. The van der Waals surface area contributed by atoms with Gasteiger partial charge in [-0.1, -0.05) is 0 Å². The summed E-state index contributed by atoms with van der Waals surface area (Å²) in [6.45, 7) is 0. The predicted octanol–water partition coefficient (Wildman–Crippen LogP) is 0.499. The largest absolute Gasteiger partial charge is 0.472 e. The SMILES string of the molecule is NC1CC(NC(=O)c2ccoc2)C1. The summed E-state index contributed by atoms with van der Waals surface area (Å²) >= 11 is 0. The lowest BCUT2D eigenvalue weighted by atomic mass is 9.87. The molecule has 3 N–H and O–H groups in total. The fourth-order valence-electron chi connectivity index (χ4n) is 1.44. The third-order valence-corrected chi connectivity index (χ3v) is 2.29. The van der Waals surface area contributed by atoms with Crippen LogP contribution < -0.4 is 11.1 Å². The first-order chi connectivity index (χ1) is 6.25. The first-order valence-corrected chi connectivity index (χ1v) is 4.34. The standard InChI is InChI=1S/C9H12N2O2/c10-7-3-8(4-7)11-9(12)6-1-2-13-5-6/h1-2,5,7-8H,3-4,10H2,(H,11,12). The molecule has 1 aliphatic rings. The lowest BCUT2D eigenvalue weighted by molar-refractivity contribution is 0.0909. The van der Waals surface area contributed by atoms with Gasteiger partial charge in [-0.3, -0.25) is 4.79 Å². The Morgan fingerprint density at radius 2 is 2.38 bits per heavy atom. The van der Waals surface area contributed by atoms with Crippen molar-refractivity contribution in [3.8, 4) is 0 Å². The summed E-state index contributed by atoms with van der Waals surface area (Å²) in [6.07, 6.45) is 4.68. The van der Waals surface area contributed by atoms with Crippen LogP contribution in [-0.4, -0.2) is 18.0 Å². The van der Waals surface area contributed by atoms with E-state index in [0.717, 1.165) is 12.8 Å². The van der Waals surface area contributed by atoms with Gasteiger partial charge in [-0.2, -0.15) is 0 Å². The summed E-state index contributed by atoms with van der Waals surface area (Å²) in [6, 6.07) is 2.15. The van der Waals surface area contributed by atoms with Crippen LogP contribution in [0.4, 0.5) is 0 Å². The van der Waals surface area contributed by atoms with E-state index in [4.69, 9.17) is 10.2 Å². The third-order valence-electron chi connectivity index (χ3n) is 2.29. The number of furan rings is 1. The number of hydrogen-bond acceptors (Lipinski definition) is 3. The molecule has 2 rings (SSSR count). The lowest BCUT2D eigenvalue weighted by Crippen LogP contribution is -2.50. The fraction of sp³-hybridized carbons (Fsp3) is 0.444. The fourth-order valence-corrected chi connectivity index (χ4v) is 1.44. The molecule has 0 radical (unpaired) electrons. The highest BCUT2D eigenvalue weighted by Crippen LogP contribution is 2.17. The van der Waals surface area contributed by atoms with E-state index in [0.29, 0.717) is 5.56 Å². The van der Waals surface area contributed by atoms with E-state index in [1.165, 1.54) is 12.5 Å². The molecule has 1 fully saturated rings. The summed E-state index contributed by atoms with van der Waals surface area (Å²) < 4.78 is 4.80. The summed E-state index contributed by atoms with van der Waals surface area (Å²) in [5, 5.41) is 2.87. The Kier molecular flexibility index (Phi) is 2.06. The molecule has 4 heteroatoms. The van der Waals surface area contributed by atoms with Crippen molar-refractivity contribution >= 4 is 5.91 Å². The van der Waals surface area contributed by atoms with Gasteiger partial charge in [0.15, 0.2) is 0 Å². The lowest BCUT2D eigenvalue weighted by Gasteiger charge is -2.32. The van der Waals surface area contributed by atoms with Crippen molar-refractivity contribution in [2.75, 3.05) is 0 Å². The summed E-state index contributed by atoms with van der Waals surface area (Å²) in [5.41, 5.74) is 6.16. The van der Waals surface area contributed by atoms with E-state index in [-0.39, 0.29) is 18.0 Å². The zero-order chi connectivity index (χ0) is 9.26. The molecule has 0 spiro atoms. The van der Waals surface area contributed by atoms with Gasteiger partial charge in [-0.05, 0) is 18.9 Å². The van der Waals surface area contributed by atoms with E-state index in [1.54, 1.807) is 6.07 Å². The van der Waals surface area contributed by atoms with Crippen LogP contribution in [0.25, 0.3) is 0 Å². The molecule has 13 heavy (non-hydrogen) atoms. The number of rotatable bonds is 2. The second-order valence-electron chi connectivity index (χ2n) is 3.41. The van der Waals surface area contributed by atoms with Gasteiger partial charge in [0.1, 0.15) is 6.26 Å². The van der Waals surface area contributed by atoms with Crippen molar-refractivity contribution in [2.24, 2.45) is 5.73 Å². The first kappa shape index (κ1) is 8.31. The Balaban J connectivity index is 1.86. The Morgan fingerprint density at radius 3 is 2.92 bits per heavy atom. The van der Waals surface area contributed by atoms with Crippen LogP contribution in [0.2, 0.25) is 0 Å². The third kappa shape index (κ3) is 1.72. The molecule has 0 aliphatic heterocycles. The van der Waals surface area contributed by atoms with Crippen molar-refractivity contribution in [3.63, 3.8) is 0 Å². The van der Waals surface area contributed by atoms with Crippen LogP contribution in [0.15, 0.2) is 23.0 Å². The molecule has 0 bridgehead atoms. The van der Waals surface area contributed by atoms with Gasteiger partial charge in [0, 0.05) is 12.1 Å². The molecule has 0 unspecified atom stereocenters. The molecule has 0 atom stereocenters. The molecule has 1 aromatic rings. The molecular formula is C9H12N2O2. The quantitative estimate of drug-likeness (QED) is 0.696. The maximum absolute atomic E-state index is 11.4. The Bertz CT molecular complexity index is 289. The van der Waals surface area contributed by atoms with Crippen molar-refractivity contribution in [1.29, 1.82) is 0 Å². The molecule has 0 saturated heterocycles. The second kappa shape index (κ2) is 3.22. The molecule has 1 heterocycles. The molecule has 0 aromatic carbocycles. The maximum atomic E-state index is 11.4. The molecule has 4 nitrogen and oxygen atoms in total. The Labute approximate surface area is 76.1 Å². The minimum absolute atomic E-state index is 0.0781. The minimum Gasteiger partial charge on any atom is -0.472 e. The summed E-state index contributed by atoms with van der Waals surface area (Å²) in [7, 11) is 0. The maximum Gasteiger partial charge on any atom is 0.254 e. The number of carbonyl (C=O) groups excluding carboxylic acids is 1. The molecule has 1 saturated carbocycles. The van der Waals surface area contributed by atoms with Gasteiger partial charge in [-0.25, -0.2) is 0 Å². The molecule has 70 valence electrons. The van der Waals surface area contributed by atoms with Gasteiger partial charge in [0.05, 0.1) is 11.8 Å². The number of carbonyl (C=O) groups is 1. The van der Waals surface area contributed by atoms with Gasteiger partial charge < -0.3 is 15.5 Å². The Morgan fingerprint density at radius 1 is 1.62 bits per heavy atom. The van der Waals surface area contributed by atoms with Crippen LogP contribution in [-0.2, 0) is 0 Å². The summed E-state index contributed by atoms with van der Waals surface area (Å²) in [4.78, 5) is 11.4. The smallest absolute Gasteiger partial charge is 0.254 e. The first-order valence-electron chi connectivity index (χ1n) is 4.34. The minimum atomic E-state index is -0.0781. The number of nitrogens with two attached hydrogens (primary N) is 1. The van der Waals surface area contributed by atoms with Crippen molar-refractivity contribution in [2.45, 2.75) is 24.9 Å². The zero-order valence-corrected chi connectivity index (χ0v) is 7.19. The average molecular weight is 180 g/mol. The van der Waals surface area contributed by atoms with Crippen molar-refractivity contribution in [3.05, 3.63) is 24.2 Å². The second-order valence-corrected chi connectivity index (χ2v) is 3.41. The van der Waals surface area contributed by atoms with Crippen LogP contribution >= 0.6 is 0 Å². The van der Waals surface area contributed by atoms with E-state index in [9.17, 15) is 4.79 Å². The average Bonchev–Trinajstić information content (AvgIpc) is 2.53. The van der Waals surface area contributed by atoms with Gasteiger partial charge >= 0.3 is 0 Å². The van der Waals surface area contributed by atoms with Gasteiger partial charge in [0.2, 0.25) is 0 Å². The van der Waals surface area contributed by atoms with E-state index in [2.05, 4.69) is 5.32 Å². The van der Waals surface area contributed by atoms with E-state index < -0.39 is 0 Å². The van der Waals surface area contributed by atoms with Crippen molar-refractivity contribution < 1.29 is 9.21 Å². The molecule has 1 aliphatic carbocycles. The number of amides is 1. The molecule has 1 amide bonds. The highest BCUT2D eigenvalue weighted by molar-refractivity contribution is 5.94. The highest BCUT2D eigenvalue weighted by Gasteiger charge is 2.27. The normalized spacial score (nSPS) is 26.5. The number of hydrogen-bond donors (Lipinski definition) is 2. The zero-order valence-electron chi connectivity index (χ0n) is 7.19.